The number of methoxy groups -OCH3 is 1. The fourth-order valence-corrected chi connectivity index (χ4v) is 5.09. The number of aromatic nitrogens is 4. The summed E-state index contributed by atoms with van der Waals surface area (Å²) in [5.41, 5.74) is 2.89. The second-order valence-electron chi connectivity index (χ2n) is 10.4. The lowest BCUT2D eigenvalue weighted by Gasteiger charge is -2.17. The third kappa shape index (κ3) is 7.33. The van der Waals surface area contributed by atoms with E-state index in [4.69, 9.17) is 14.2 Å². The lowest BCUT2D eigenvalue weighted by Crippen LogP contribution is -2.38. The van der Waals surface area contributed by atoms with Gasteiger partial charge in [-0.3, -0.25) is 10.1 Å². The molecule has 44 heavy (non-hydrogen) atoms. The summed E-state index contributed by atoms with van der Waals surface area (Å²) in [6.07, 6.45) is 2.06. The lowest BCUT2D eigenvalue weighted by molar-refractivity contribution is 0.0692. The lowest BCUT2D eigenvalue weighted by atomic mass is 10.1. The molecular formula is C30H29FN6O6S. The Balaban J connectivity index is 1.17. The van der Waals surface area contributed by atoms with Gasteiger partial charge in [-0.25, -0.2) is 29.1 Å². The molecule has 0 spiro atoms. The summed E-state index contributed by atoms with van der Waals surface area (Å²) < 4.78 is 31.4. The molecule has 5 aromatic rings. The summed E-state index contributed by atoms with van der Waals surface area (Å²) in [5, 5.41) is 15.4. The third-order valence-electron chi connectivity index (χ3n) is 6.15. The number of carbonyl (C=O) groups excluding carboxylic acids is 2. The first-order valence-electron chi connectivity index (χ1n) is 13.4. The highest BCUT2D eigenvalue weighted by molar-refractivity contribution is 7.21. The fourth-order valence-electron chi connectivity index (χ4n) is 4.09. The maximum absolute atomic E-state index is 14.8. The molecule has 0 aliphatic heterocycles. The Morgan fingerprint density at radius 3 is 2.59 bits per heavy atom. The quantitative estimate of drug-likeness (QED) is 0.184. The van der Waals surface area contributed by atoms with E-state index in [1.807, 2.05) is 19.1 Å². The zero-order valence-corrected chi connectivity index (χ0v) is 25.1. The number of aryl methyl sites for hydroxylation is 1. The predicted molar refractivity (Wildman–Crippen MR) is 163 cm³/mol. The average molecular weight is 621 g/mol. The fraction of sp³-hybridized carbons (Fsp3) is 0.267. The van der Waals surface area contributed by atoms with Crippen LogP contribution in [0.1, 0.15) is 29.9 Å². The number of anilines is 1. The van der Waals surface area contributed by atoms with Gasteiger partial charge >= 0.3 is 6.09 Å². The minimum Gasteiger partial charge on any atom is -0.487 e. The molecule has 0 aliphatic rings. The maximum atomic E-state index is 14.8. The molecule has 0 atom stereocenters. The van der Waals surface area contributed by atoms with E-state index in [-0.39, 0.29) is 31.2 Å². The van der Waals surface area contributed by atoms with Gasteiger partial charge in [0.2, 0.25) is 5.88 Å². The van der Waals surface area contributed by atoms with Crippen molar-refractivity contribution in [3.63, 3.8) is 0 Å². The number of hydrogen-bond acceptors (Lipinski definition) is 11. The normalized spacial score (nSPS) is 11.4. The van der Waals surface area contributed by atoms with Crippen molar-refractivity contribution in [2.24, 2.45) is 0 Å². The molecule has 228 valence electrons. The third-order valence-corrected chi connectivity index (χ3v) is 7.20. The van der Waals surface area contributed by atoms with Crippen LogP contribution in [0.2, 0.25) is 0 Å². The number of fused-ring (bicyclic) bond motifs is 2. The van der Waals surface area contributed by atoms with Crippen molar-refractivity contribution >= 4 is 50.3 Å². The van der Waals surface area contributed by atoms with Crippen molar-refractivity contribution in [2.75, 3.05) is 32.2 Å². The highest BCUT2D eigenvalue weighted by atomic mass is 32.1. The summed E-state index contributed by atoms with van der Waals surface area (Å²) in [6, 6.07) is 9.63. The Morgan fingerprint density at radius 1 is 1.05 bits per heavy atom. The SMILES string of the molecule is COc1cnc2c(-c3nc4cc(F)c(OCCOC(=O)Nc5ccc(C(=O)NCC(C)(C)O)nc5)cc4s3)cc(C)cc2n1. The number of hydrogen-bond donors (Lipinski definition) is 3. The molecule has 0 bridgehead atoms. The van der Waals surface area contributed by atoms with Crippen LogP contribution in [0, 0.1) is 12.7 Å². The van der Waals surface area contributed by atoms with Crippen LogP contribution in [0.3, 0.4) is 0 Å². The first-order valence-corrected chi connectivity index (χ1v) is 14.3. The Hall–Kier alpha value is -4.95. The molecule has 0 unspecified atom stereocenters. The molecule has 3 aromatic heterocycles. The predicted octanol–water partition coefficient (Wildman–Crippen LogP) is 4.89. The van der Waals surface area contributed by atoms with E-state index in [1.165, 1.54) is 49.0 Å². The number of nitrogens with zero attached hydrogens (tertiary/aromatic N) is 4. The Labute approximate surface area is 255 Å². The van der Waals surface area contributed by atoms with Crippen LogP contribution in [-0.2, 0) is 4.74 Å². The molecular weight excluding hydrogens is 591 g/mol. The standard InChI is InChI=1S/C30H29FN6O6S/c1-16-9-18(26-22(10-16)36-25(41-4)14-33-26)28-37-21-11-19(31)23(12-24(21)44-28)42-7-8-43-29(39)35-17-5-6-20(32-13-17)27(38)34-15-30(2,3)40/h5-6,9-14,40H,7-8,15H2,1-4H3,(H,34,38)(H,35,39). The van der Waals surface area contributed by atoms with E-state index in [9.17, 15) is 19.1 Å². The van der Waals surface area contributed by atoms with E-state index < -0.39 is 23.4 Å². The van der Waals surface area contributed by atoms with E-state index in [1.54, 1.807) is 19.9 Å². The molecule has 3 N–H and O–H groups in total. The van der Waals surface area contributed by atoms with Crippen molar-refractivity contribution < 1.29 is 33.3 Å². The molecule has 2 amide bonds. The summed E-state index contributed by atoms with van der Waals surface area (Å²) in [4.78, 5) is 41.9. The number of benzene rings is 2. The van der Waals surface area contributed by atoms with E-state index in [0.29, 0.717) is 37.8 Å². The summed E-state index contributed by atoms with van der Waals surface area (Å²) in [6.45, 7) is 4.89. The summed E-state index contributed by atoms with van der Waals surface area (Å²) in [7, 11) is 1.53. The van der Waals surface area contributed by atoms with Gasteiger partial charge in [-0.05, 0) is 50.6 Å². The maximum Gasteiger partial charge on any atom is 0.411 e. The largest absolute Gasteiger partial charge is 0.487 e. The molecule has 12 nitrogen and oxygen atoms in total. The van der Waals surface area contributed by atoms with E-state index in [0.717, 1.165) is 11.1 Å². The average Bonchev–Trinajstić information content (AvgIpc) is 3.39. The highest BCUT2D eigenvalue weighted by Gasteiger charge is 2.17. The van der Waals surface area contributed by atoms with Crippen LogP contribution in [0.5, 0.6) is 11.6 Å². The van der Waals surface area contributed by atoms with Crippen LogP contribution in [0.4, 0.5) is 14.9 Å². The molecule has 14 heteroatoms. The van der Waals surface area contributed by atoms with Gasteiger partial charge in [0.25, 0.3) is 5.91 Å². The zero-order valence-electron chi connectivity index (χ0n) is 24.3. The van der Waals surface area contributed by atoms with Gasteiger partial charge in [0.15, 0.2) is 11.6 Å². The zero-order chi connectivity index (χ0) is 31.4. The highest BCUT2D eigenvalue weighted by Crippen LogP contribution is 2.37. The van der Waals surface area contributed by atoms with Crippen molar-refractivity contribution in [3.05, 3.63) is 65.9 Å². The van der Waals surface area contributed by atoms with Gasteiger partial charge in [-0.15, -0.1) is 11.3 Å². The number of amides is 2. The van der Waals surface area contributed by atoms with Gasteiger partial charge < -0.3 is 24.6 Å². The second-order valence-corrected chi connectivity index (χ2v) is 11.4. The van der Waals surface area contributed by atoms with Crippen LogP contribution in [0.25, 0.3) is 31.8 Å². The number of halogens is 1. The molecule has 0 aliphatic carbocycles. The van der Waals surface area contributed by atoms with Gasteiger partial charge in [-0.1, -0.05) is 0 Å². The number of ether oxygens (including phenoxy) is 3. The topological polar surface area (TPSA) is 158 Å². The van der Waals surface area contributed by atoms with Gasteiger partial charge in [0.1, 0.15) is 23.9 Å². The van der Waals surface area contributed by atoms with Crippen LogP contribution >= 0.6 is 11.3 Å². The summed E-state index contributed by atoms with van der Waals surface area (Å²) in [5.74, 6) is -0.661. The molecule has 0 saturated heterocycles. The number of nitrogens with one attached hydrogen (secondary N) is 2. The van der Waals surface area contributed by atoms with E-state index in [2.05, 4.69) is 30.6 Å². The van der Waals surface area contributed by atoms with Gasteiger partial charge in [-0.2, -0.15) is 0 Å². The van der Waals surface area contributed by atoms with Crippen LogP contribution in [-0.4, -0.2) is 69.5 Å². The Kier molecular flexibility index (Phi) is 8.83. The van der Waals surface area contributed by atoms with Crippen LogP contribution in [0.15, 0.2) is 48.8 Å². The second kappa shape index (κ2) is 12.7. The molecule has 0 saturated carbocycles. The number of pyridine rings is 1. The van der Waals surface area contributed by atoms with E-state index >= 15 is 0 Å². The number of rotatable bonds is 10. The monoisotopic (exact) mass is 620 g/mol. The number of carbonyl (C=O) groups is 2. The van der Waals surface area contributed by atoms with Crippen molar-refractivity contribution in [1.82, 2.24) is 25.3 Å². The Bertz CT molecular complexity index is 1840. The molecule has 3 heterocycles. The van der Waals surface area contributed by atoms with Gasteiger partial charge in [0.05, 0.1) is 52.0 Å². The first kappa shape index (κ1) is 30.5. The van der Waals surface area contributed by atoms with Crippen molar-refractivity contribution in [1.29, 1.82) is 0 Å². The summed E-state index contributed by atoms with van der Waals surface area (Å²) >= 11 is 1.36. The van der Waals surface area contributed by atoms with Crippen LogP contribution < -0.4 is 20.1 Å². The molecule has 0 radical (unpaired) electrons. The molecule has 2 aromatic carbocycles. The molecule has 5 rings (SSSR count). The number of aliphatic hydroxyl groups is 1. The molecule has 0 fully saturated rings. The smallest absolute Gasteiger partial charge is 0.411 e. The van der Waals surface area contributed by atoms with Gasteiger partial charge in [0, 0.05) is 24.2 Å². The van der Waals surface area contributed by atoms with Crippen molar-refractivity contribution in [2.45, 2.75) is 26.4 Å². The minimum absolute atomic E-state index is 0.00186. The minimum atomic E-state index is -1.06. The Morgan fingerprint density at radius 2 is 1.86 bits per heavy atom. The first-order chi connectivity index (χ1) is 21.0. The number of thiazole rings is 1. The van der Waals surface area contributed by atoms with Crippen molar-refractivity contribution in [3.8, 4) is 22.2 Å².